The molecule has 0 aliphatic heterocycles. The highest BCUT2D eigenvalue weighted by Crippen LogP contribution is 2.21. The molecule has 0 fully saturated rings. The van der Waals surface area contributed by atoms with Crippen molar-refractivity contribution < 1.29 is 0 Å². The van der Waals surface area contributed by atoms with Gasteiger partial charge in [-0.3, -0.25) is 4.79 Å². The molecule has 16 heavy (non-hydrogen) atoms. The molecule has 0 spiro atoms. The summed E-state index contributed by atoms with van der Waals surface area (Å²) in [5.74, 6) is 0. The Bertz CT molecular complexity index is 544. The van der Waals surface area contributed by atoms with Crippen LogP contribution in [0.25, 0.3) is 11.1 Å². The maximum Gasteiger partial charge on any atom is 0.252 e. The van der Waals surface area contributed by atoms with Gasteiger partial charge in [0.05, 0.1) is 0 Å². The first kappa shape index (κ1) is 10.6. The minimum absolute atomic E-state index is 0.0975. The molecule has 0 saturated carbocycles. The van der Waals surface area contributed by atoms with Crippen LogP contribution in [-0.2, 0) is 6.54 Å². The van der Waals surface area contributed by atoms with Gasteiger partial charge in [0.2, 0.25) is 0 Å². The molecular formula is C13H14N2O. The van der Waals surface area contributed by atoms with Crippen molar-refractivity contribution in [1.29, 1.82) is 0 Å². The number of aryl methyl sites for hydroxylation is 1. The van der Waals surface area contributed by atoms with Gasteiger partial charge in [0.1, 0.15) is 0 Å². The van der Waals surface area contributed by atoms with Crippen LogP contribution in [0, 0.1) is 6.92 Å². The summed E-state index contributed by atoms with van der Waals surface area (Å²) in [6, 6.07) is 11.8. The van der Waals surface area contributed by atoms with Crippen molar-refractivity contribution in [2.75, 3.05) is 0 Å². The fourth-order valence-corrected chi connectivity index (χ4v) is 1.74. The third-order valence-electron chi connectivity index (χ3n) is 2.62. The SMILES string of the molecule is Cc1[nH]c(=O)c(CN)cc1-c1ccccc1. The van der Waals surface area contributed by atoms with Gasteiger partial charge in [-0.2, -0.15) is 0 Å². The van der Waals surface area contributed by atoms with E-state index in [2.05, 4.69) is 4.98 Å². The van der Waals surface area contributed by atoms with Gasteiger partial charge in [-0.15, -0.1) is 0 Å². The number of benzene rings is 1. The number of aromatic amines is 1. The first-order valence-electron chi connectivity index (χ1n) is 5.20. The van der Waals surface area contributed by atoms with Gasteiger partial charge in [-0.25, -0.2) is 0 Å². The van der Waals surface area contributed by atoms with Gasteiger partial charge < -0.3 is 10.7 Å². The Labute approximate surface area is 93.9 Å². The van der Waals surface area contributed by atoms with Crippen molar-refractivity contribution in [1.82, 2.24) is 4.98 Å². The van der Waals surface area contributed by atoms with Crippen LogP contribution in [0.15, 0.2) is 41.2 Å². The van der Waals surface area contributed by atoms with Gasteiger partial charge in [0, 0.05) is 23.4 Å². The van der Waals surface area contributed by atoms with E-state index in [1.54, 1.807) is 0 Å². The molecule has 2 rings (SSSR count). The standard InChI is InChI=1S/C13H14N2O/c1-9-12(10-5-3-2-4-6-10)7-11(8-14)13(16)15-9/h2-7H,8,14H2,1H3,(H,15,16). The summed E-state index contributed by atoms with van der Waals surface area (Å²) in [7, 11) is 0. The summed E-state index contributed by atoms with van der Waals surface area (Å²) in [6.07, 6.45) is 0. The van der Waals surface area contributed by atoms with E-state index in [4.69, 9.17) is 5.73 Å². The lowest BCUT2D eigenvalue weighted by molar-refractivity contribution is 0.999. The topological polar surface area (TPSA) is 58.9 Å². The fourth-order valence-electron chi connectivity index (χ4n) is 1.74. The van der Waals surface area contributed by atoms with Crippen molar-refractivity contribution in [3.8, 4) is 11.1 Å². The van der Waals surface area contributed by atoms with E-state index >= 15 is 0 Å². The summed E-state index contributed by atoms with van der Waals surface area (Å²) in [5, 5.41) is 0. The number of pyridine rings is 1. The lowest BCUT2D eigenvalue weighted by Gasteiger charge is -2.07. The number of hydrogen-bond donors (Lipinski definition) is 2. The molecule has 82 valence electrons. The number of rotatable bonds is 2. The van der Waals surface area contributed by atoms with Crippen molar-refractivity contribution in [2.24, 2.45) is 5.73 Å². The van der Waals surface area contributed by atoms with E-state index in [1.165, 1.54) is 0 Å². The number of nitrogens with one attached hydrogen (secondary N) is 1. The zero-order chi connectivity index (χ0) is 11.5. The largest absolute Gasteiger partial charge is 0.326 e. The average molecular weight is 214 g/mol. The van der Waals surface area contributed by atoms with Gasteiger partial charge >= 0.3 is 0 Å². The van der Waals surface area contributed by atoms with Crippen molar-refractivity contribution in [3.63, 3.8) is 0 Å². The van der Waals surface area contributed by atoms with Crippen molar-refractivity contribution in [3.05, 3.63) is 58.0 Å². The lowest BCUT2D eigenvalue weighted by atomic mass is 10.0. The van der Waals surface area contributed by atoms with Crippen molar-refractivity contribution in [2.45, 2.75) is 13.5 Å². The first-order valence-corrected chi connectivity index (χ1v) is 5.20. The fraction of sp³-hybridized carbons (Fsp3) is 0.154. The van der Waals surface area contributed by atoms with Gasteiger partial charge in [-0.05, 0) is 18.6 Å². The second-order valence-corrected chi connectivity index (χ2v) is 3.73. The molecule has 1 aromatic carbocycles. The van der Waals surface area contributed by atoms with Crippen LogP contribution in [0.4, 0.5) is 0 Å². The predicted molar refractivity (Wildman–Crippen MR) is 65.1 cm³/mol. The second-order valence-electron chi connectivity index (χ2n) is 3.73. The van der Waals surface area contributed by atoms with E-state index < -0.39 is 0 Å². The van der Waals surface area contributed by atoms with E-state index in [9.17, 15) is 4.79 Å². The molecule has 3 nitrogen and oxygen atoms in total. The monoisotopic (exact) mass is 214 g/mol. The van der Waals surface area contributed by atoms with Gasteiger partial charge in [0.15, 0.2) is 0 Å². The molecule has 0 bridgehead atoms. The predicted octanol–water partition coefficient (Wildman–Crippen LogP) is 1.81. The van der Waals surface area contributed by atoms with Gasteiger partial charge in [-0.1, -0.05) is 30.3 Å². The Morgan fingerprint density at radius 3 is 2.56 bits per heavy atom. The van der Waals surface area contributed by atoms with Crippen LogP contribution in [0.3, 0.4) is 0 Å². The Balaban J connectivity index is 2.62. The second kappa shape index (κ2) is 4.33. The summed E-state index contributed by atoms with van der Waals surface area (Å²) < 4.78 is 0. The number of nitrogens with two attached hydrogens (primary N) is 1. The Hall–Kier alpha value is -1.87. The van der Waals surface area contributed by atoms with E-state index in [-0.39, 0.29) is 12.1 Å². The highest BCUT2D eigenvalue weighted by atomic mass is 16.1. The van der Waals surface area contributed by atoms with Crippen LogP contribution in [0.1, 0.15) is 11.3 Å². The Morgan fingerprint density at radius 1 is 1.25 bits per heavy atom. The van der Waals surface area contributed by atoms with Crippen LogP contribution < -0.4 is 11.3 Å². The third kappa shape index (κ3) is 1.90. The van der Waals surface area contributed by atoms with Crippen LogP contribution in [-0.4, -0.2) is 4.98 Å². The summed E-state index contributed by atoms with van der Waals surface area (Å²) in [6.45, 7) is 2.15. The minimum atomic E-state index is -0.0975. The molecule has 0 unspecified atom stereocenters. The molecule has 0 radical (unpaired) electrons. The molecule has 1 aromatic heterocycles. The highest BCUT2D eigenvalue weighted by Gasteiger charge is 2.05. The quantitative estimate of drug-likeness (QED) is 0.801. The highest BCUT2D eigenvalue weighted by molar-refractivity contribution is 5.66. The molecule has 0 saturated heterocycles. The van der Waals surface area contributed by atoms with Crippen LogP contribution in [0.5, 0.6) is 0 Å². The zero-order valence-corrected chi connectivity index (χ0v) is 9.16. The molecule has 2 aromatic rings. The van der Waals surface area contributed by atoms with Gasteiger partial charge in [0.25, 0.3) is 5.56 Å². The molecule has 1 heterocycles. The van der Waals surface area contributed by atoms with Crippen LogP contribution >= 0.6 is 0 Å². The number of aromatic nitrogens is 1. The summed E-state index contributed by atoms with van der Waals surface area (Å²) in [5.41, 5.74) is 9.03. The molecule has 0 amide bonds. The summed E-state index contributed by atoms with van der Waals surface area (Å²) in [4.78, 5) is 14.3. The maximum atomic E-state index is 11.5. The third-order valence-corrected chi connectivity index (χ3v) is 2.62. The zero-order valence-electron chi connectivity index (χ0n) is 9.16. The minimum Gasteiger partial charge on any atom is -0.326 e. The number of hydrogen-bond acceptors (Lipinski definition) is 2. The maximum absolute atomic E-state index is 11.5. The lowest BCUT2D eigenvalue weighted by Crippen LogP contribution is -2.17. The number of H-pyrrole nitrogens is 1. The smallest absolute Gasteiger partial charge is 0.252 e. The molecular weight excluding hydrogens is 200 g/mol. The average Bonchev–Trinajstić information content (AvgIpc) is 2.30. The first-order chi connectivity index (χ1) is 7.72. The molecule has 0 aliphatic carbocycles. The van der Waals surface area contributed by atoms with Crippen LogP contribution in [0.2, 0.25) is 0 Å². The molecule has 3 heteroatoms. The van der Waals surface area contributed by atoms with E-state index in [0.29, 0.717) is 5.56 Å². The molecule has 0 aliphatic rings. The molecule has 3 N–H and O–H groups in total. The molecule has 0 atom stereocenters. The summed E-state index contributed by atoms with van der Waals surface area (Å²) >= 11 is 0. The van der Waals surface area contributed by atoms with Crippen molar-refractivity contribution >= 4 is 0 Å². The Kier molecular flexibility index (Phi) is 2.88. The Morgan fingerprint density at radius 2 is 1.94 bits per heavy atom. The van der Waals surface area contributed by atoms with E-state index in [0.717, 1.165) is 16.8 Å². The normalized spacial score (nSPS) is 10.4. The van der Waals surface area contributed by atoms with E-state index in [1.807, 2.05) is 43.3 Å².